The Kier molecular flexibility index (Phi) is 6.44. The molecule has 0 radical (unpaired) electrons. The van der Waals surface area contributed by atoms with E-state index in [1.54, 1.807) is 12.1 Å². The third-order valence-corrected chi connectivity index (χ3v) is 6.55. The summed E-state index contributed by atoms with van der Waals surface area (Å²) in [4.78, 5) is 19.4. The van der Waals surface area contributed by atoms with Gasteiger partial charge in [0.2, 0.25) is 0 Å². The van der Waals surface area contributed by atoms with Crippen LogP contribution in [0.1, 0.15) is 29.7 Å². The van der Waals surface area contributed by atoms with Gasteiger partial charge in [0.15, 0.2) is 0 Å². The fraction of sp³-hybridized carbons (Fsp3) is 0.524. The lowest BCUT2D eigenvalue weighted by Crippen LogP contribution is -2.37. The Morgan fingerprint density at radius 1 is 1.14 bits per heavy atom. The number of halogens is 1. The Morgan fingerprint density at radius 3 is 2.79 bits per heavy atom. The molecule has 0 unspecified atom stereocenters. The first-order valence-corrected chi connectivity index (χ1v) is 11.0. The fourth-order valence-corrected chi connectivity index (χ4v) is 5.04. The summed E-state index contributed by atoms with van der Waals surface area (Å²) < 4.78 is 21.1. The van der Waals surface area contributed by atoms with Crippen molar-refractivity contribution < 1.29 is 9.13 Å². The minimum Gasteiger partial charge on any atom is -0.379 e. The summed E-state index contributed by atoms with van der Waals surface area (Å²) in [7, 11) is 0. The van der Waals surface area contributed by atoms with Crippen LogP contribution in [0, 0.1) is 5.82 Å². The molecule has 1 aliphatic carbocycles. The van der Waals surface area contributed by atoms with Crippen molar-refractivity contribution in [2.24, 2.45) is 0 Å². The second-order valence-corrected chi connectivity index (χ2v) is 8.28. The van der Waals surface area contributed by atoms with Crippen LogP contribution < -0.4 is 5.69 Å². The second-order valence-electron chi connectivity index (χ2n) is 7.32. The predicted molar refractivity (Wildman–Crippen MR) is 108 cm³/mol. The molecule has 4 rings (SSSR count). The van der Waals surface area contributed by atoms with Crippen molar-refractivity contribution in [2.75, 3.05) is 32.8 Å². The van der Waals surface area contributed by atoms with E-state index in [1.807, 2.05) is 10.6 Å². The minimum atomic E-state index is -0.205. The van der Waals surface area contributed by atoms with Crippen LogP contribution in [0.4, 0.5) is 4.39 Å². The number of hydrogen-bond acceptors (Lipinski definition) is 5. The Labute approximate surface area is 168 Å². The molecular formula is C21H26FN3O2S. The summed E-state index contributed by atoms with van der Waals surface area (Å²) in [5, 5.41) is 0.783. The van der Waals surface area contributed by atoms with Gasteiger partial charge >= 0.3 is 5.69 Å². The van der Waals surface area contributed by atoms with Gasteiger partial charge in [-0.15, -0.1) is 11.8 Å². The van der Waals surface area contributed by atoms with E-state index in [-0.39, 0.29) is 11.5 Å². The van der Waals surface area contributed by atoms with Crippen LogP contribution in [0.3, 0.4) is 0 Å². The minimum absolute atomic E-state index is 0.168. The lowest BCUT2D eigenvalue weighted by molar-refractivity contribution is 0.0368. The molecule has 0 N–H and O–H groups in total. The molecule has 1 aromatic carbocycles. The van der Waals surface area contributed by atoms with E-state index in [2.05, 4.69) is 9.88 Å². The third-order valence-electron chi connectivity index (χ3n) is 5.48. The molecule has 1 aliphatic heterocycles. The van der Waals surface area contributed by atoms with Crippen LogP contribution in [0.25, 0.3) is 0 Å². The molecule has 0 bridgehead atoms. The quantitative estimate of drug-likeness (QED) is 0.526. The Morgan fingerprint density at radius 2 is 1.96 bits per heavy atom. The van der Waals surface area contributed by atoms with Gasteiger partial charge in [0, 0.05) is 43.2 Å². The van der Waals surface area contributed by atoms with E-state index in [0.717, 1.165) is 69.3 Å². The maximum absolute atomic E-state index is 13.9. The van der Waals surface area contributed by atoms with Gasteiger partial charge in [-0.2, -0.15) is 4.98 Å². The molecule has 2 heterocycles. The summed E-state index contributed by atoms with van der Waals surface area (Å²) in [6.07, 6.45) is 3.87. The van der Waals surface area contributed by atoms with Crippen molar-refractivity contribution >= 4 is 11.8 Å². The molecule has 1 fully saturated rings. The highest BCUT2D eigenvalue weighted by molar-refractivity contribution is 7.98. The number of nitrogens with zero attached hydrogens (tertiary/aromatic N) is 3. The molecule has 0 saturated carbocycles. The zero-order chi connectivity index (χ0) is 19.3. The number of rotatable bonds is 7. The van der Waals surface area contributed by atoms with E-state index in [0.29, 0.717) is 17.9 Å². The summed E-state index contributed by atoms with van der Waals surface area (Å²) in [5.74, 6) is 0.287. The zero-order valence-corrected chi connectivity index (χ0v) is 16.8. The first-order chi connectivity index (χ1) is 13.7. The molecule has 28 heavy (non-hydrogen) atoms. The van der Waals surface area contributed by atoms with Crippen molar-refractivity contribution in [3.63, 3.8) is 0 Å². The number of benzene rings is 1. The number of ether oxygens (including phenoxy) is 1. The first-order valence-electron chi connectivity index (χ1n) is 10.0. The number of thioether (sulfide) groups is 1. The second kappa shape index (κ2) is 9.20. The highest BCUT2D eigenvalue weighted by Crippen LogP contribution is 2.31. The van der Waals surface area contributed by atoms with Crippen LogP contribution in [0.2, 0.25) is 0 Å². The normalized spacial score (nSPS) is 17.0. The topological polar surface area (TPSA) is 47.4 Å². The van der Waals surface area contributed by atoms with Crippen LogP contribution in [-0.4, -0.2) is 47.3 Å². The molecule has 2 aromatic rings. The van der Waals surface area contributed by atoms with Gasteiger partial charge in [0.1, 0.15) is 10.8 Å². The van der Waals surface area contributed by atoms with Gasteiger partial charge in [-0.05, 0) is 37.3 Å². The lowest BCUT2D eigenvalue weighted by atomic mass is 10.2. The smallest absolute Gasteiger partial charge is 0.348 e. The molecule has 0 atom stereocenters. The van der Waals surface area contributed by atoms with E-state index in [9.17, 15) is 9.18 Å². The van der Waals surface area contributed by atoms with E-state index >= 15 is 0 Å². The summed E-state index contributed by atoms with van der Waals surface area (Å²) >= 11 is 1.48. The van der Waals surface area contributed by atoms with Crippen LogP contribution in [-0.2, 0) is 29.9 Å². The highest BCUT2D eigenvalue weighted by Gasteiger charge is 2.22. The number of hydrogen-bond donors (Lipinski definition) is 0. The monoisotopic (exact) mass is 403 g/mol. The van der Waals surface area contributed by atoms with Gasteiger partial charge in [0.25, 0.3) is 0 Å². The average molecular weight is 404 g/mol. The molecular weight excluding hydrogens is 377 g/mol. The third kappa shape index (κ3) is 4.47. The standard InChI is InChI=1S/C21H26FN3O2S/c22-18-7-2-1-5-16(18)15-28-20-17-6-3-8-19(17)25(21(26)23-20)10-4-9-24-11-13-27-14-12-24/h1-2,5,7H,3-4,6,8-15H2. The molecule has 150 valence electrons. The highest BCUT2D eigenvalue weighted by atomic mass is 32.2. The van der Waals surface area contributed by atoms with Crippen LogP contribution >= 0.6 is 11.8 Å². The van der Waals surface area contributed by atoms with Crippen LogP contribution in [0.5, 0.6) is 0 Å². The van der Waals surface area contributed by atoms with Crippen molar-refractivity contribution in [2.45, 2.75) is 43.0 Å². The van der Waals surface area contributed by atoms with Crippen molar-refractivity contribution in [1.82, 2.24) is 14.5 Å². The molecule has 1 aromatic heterocycles. The van der Waals surface area contributed by atoms with Gasteiger partial charge in [-0.1, -0.05) is 18.2 Å². The van der Waals surface area contributed by atoms with Crippen molar-refractivity contribution in [1.29, 1.82) is 0 Å². The van der Waals surface area contributed by atoms with E-state index in [1.165, 1.54) is 23.4 Å². The summed E-state index contributed by atoms with van der Waals surface area (Å²) in [6, 6.07) is 6.79. The van der Waals surface area contributed by atoms with Crippen molar-refractivity contribution in [3.05, 3.63) is 57.4 Å². The maximum atomic E-state index is 13.9. The molecule has 7 heteroatoms. The van der Waals surface area contributed by atoms with Gasteiger partial charge < -0.3 is 4.74 Å². The molecule has 0 spiro atoms. The molecule has 5 nitrogen and oxygen atoms in total. The van der Waals surface area contributed by atoms with Crippen molar-refractivity contribution in [3.8, 4) is 0 Å². The number of fused-ring (bicyclic) bond motifs is 1. The van der Waals surface area contributed by atoms with E-state index < -0.39 is 0 Å². The SMILES string of the molecule is O=c1nc(SCc2ccccc2F)c2c(n1CCCN1CCOCC1)CCC2. The lowest BCUT2D eigenvalue weighted by Gasteiger charge is -2.26. The Bertz CT molecular complexity index is 880. The predicted octanol–water partition coefficient (Wildman–Crippen LogP) is 2.89. The number of morpholine rings is 1. The van der Waals surface area contributed by atoms with Gasteiger partial charge in [0.05, 0.1) is 13.2 Å². The Hall–Kier alpha value is -1.70. The van der Waals surface area contributed by atoms with Gasteiger partial charge in [-0.25, -0.2) is 9.18 Å². The average Bonchev–Trinajstić information content (AvgIpc) is 3.20. The summed E-state index contributed by atoms with van der Waals surface area (Å²) in [5.41, 5.74) is 2.81. The van der Waals surface area contributed by atoms with Gasteiger partial charge in [-0.3, -0.25) is 9.47 Å². The van der Waals surface area contributed by atoms with E-state index in [4.69, 9.17) is 4.74 Å². The largest absolute Gasteiger partial charge is 0.379 e. The molecule has 0 amide bonds. The first kappa shape index (κ1) is 19.6. The molecule has 1 saturated heterocycles. The van der Waals surface area contributed by atoms with Crippen LogP contribution in [0.15, 0.2) is 34.1 Å². The zero-order valence-electron chi connectivity index (χ0n) is 16.0. The maximum Gasteiger partial charge on any atom is 0.348 e. The number of aromatic nitrogens is 2. The Balaban J connectivity index is 1.45. The molecule has 2 aliphatic rings. The fourth-order valence-electron chi connectivity index (χ4n) is 3.97. The summed E-state index contributed by atoms with van der Waals surface area (Å²) in [6.45, 7) is 5.22.